The van der Waals surface area contributed by atoms with Crippen LogP contribution in [0.4, 0.5) is 5.69 Å². The van der Waals surface area contributed by atoms with E-state index in [9.17, 15) is 19.5 Å². The van der Waals surface area contributed by atoms with Gasteiger partial charge < -0.3 is 21.1 Å². The maximum Gasteiger partial charge on any atom is 0.268 e. The largest absolute Gasteiger partial charge is 0.391 e. The number of benzene rings is 2. The lowest BCUT2D eigenvalue weighted by atomic mass is 10.1. The first-order valence-corrected chi connectivity index (χ1v) is 11.4. The van der Waals surface area contributed by atoms with Gasteiger partial charge in [-0.1, -0.05) is 17.9 Å². The number of carbonyl (C=O) groups is 3. The maximum absolute atomic E-state index is 12.3. The van der Waals surface area contributed by atoms with E-state index in [1.54, 1.807) is 48.8 Å². The summed E-state index contributed by atoms with van der Waals surface area (Å²) in [6.07, 6.45) is 2.24. The molecular formula is C27H27N5O5. The van der Waals surface area contributed by atoms with Crippen LogP contribution in [-0.2, 0) is 16.1 Å². The number of hydrogen-bond acceptors (Lipinski definition) is 7. The average molecular weight is 502 g/mol. The normalized spacial score (nSPS) is 11.9. The Morgan fingerprint density at radius 1 is 0.973 bits per heavy atom. The number of anilines is 1. The number of amides is 3. The number of hydroxylamine groups is 1. The van der Waals surface area contributed by atoms with Crippen molar-refractivity contribution in [3.63, 3.8) is 0 Å². The molecule has 0 fully saturated rings. The van der Waals surface area contributed by atoms with Crippen LogP contribution in [0.3, 0.4) is 0 Å². The third kappa shape index (κ3) is 8.55. The molecule has 2 aromatic carbocycles. The molecule has 1 heterocycles. The second-order valence-electron chi connectivity index (χ2n) is 8.09. The third-order valence-electron chi connectivity index (χ3n) is 5.17. The summed E-state index contributed by atoms with van der Waals surface area (Å²) >= 11 is 0. The van der Waals surface area contributed by atoms with E-state index in [2.05, 4.69) is 32.8 Å². The van der Waals surface area contributed by atoms with E-state index < -0.39 is 24.0 Å². The van der Waals surface area contributed by atoms with Gasteiger partial charge in [0.05, 0.1) is 12.6 Å². The zero-order valence-corrected chi connectivity index (χ0v) is 20.1. The molecule has 0 aliphatic heterocycles. The smallest absolute Gasteiger partial charge is 0.268 e. The molecule has 6 N–H and O–H groups in total. The molecule has 1 aromatic heterocycles. The van der Waals surface area contributed by atoms with Gasteiger partial charge in [-0.25, -0.2) is 5.48 Å². The lowest BCUT2D eigenvalue weighted by Crippen LogP contribution is -2.51. The fraction of sp³-hybridized carbons (Fsp3) is 0.185. The molecule has 0 aliphatic rings. The van der Waals surface area contributed by atoms with Gasteiger partial charge in [-0.3, -0.25) is 24.6 Å². The number of aliphatic hydroxyl groups excluding tert-OH is 1. The van der Waals surface area contributed by atoms with Crippen molar-refractivity contribution in [3.05, 3.63) is 95.3 Å². The first kappa shape index (κ1) is 27.0. The number of hydrogen-bond donors (Lipinski definition) is 6. The maximum atomic E-state index is 12.3. The van der Waals surface area contributed by atoms with Crippen LogP contribution in [0.5, 0.6) is 0 Å². The van der Waals surface area contributed by atoms with E-state index in [4.69, 9.17) is 5.21 Å². The molecule has 3 rings (SSSR count). The summed E-state index contributed by atoms with van der Waals surface area (Å²) in [6.45, 7) is 2.03. The number of aliphatic hydroxyl groups is 1. The topological polar surface area (TPSA) is 153 Å². The minimum Gasteiger partial charge on any atom is -0.391 e. The molecule has 2 atom stereocenters. The predicted molar refractivity (Wildman–Crippen MR) is 136 cm³/mol. The monoisotopic (exact) mass is 501 g/mol. The van der Waals surface area contributed by atoms with Crippen molar-refractivity contribution in [3.8, 4) is 11.8 Å². The van der Waals surface area contributed by atoms with Gasteiger partial charge in [0.1, 0.15) is 6.04 Å². The van der Waals surface area contributed by atoms with Crippen LogP contribution in [0, 0.1) is 11.8 Å². The lowest BCUT2D eigenvalue weighted by Gasteiger charge is -2.19. The fourth-order valence-corrected chi connectivity index (χ4v) is 3.21. The van der Waals surface area contributed by atoms with Crippen LogP contribution in [0.25, 0.3) is 0 Å². The zero-order valence-electron chi connectivity index (χ0n) is 20.1. The highest BCUT2D eigenvalue weighted by Crippen LogP contribution is 2.10. The van der Waals surface area contributed by atoms with Crippen LogP contribution in [0.2, 0.25) is 0 Å². The molecule has 0 bridgehead atoms. The summed E-state index contributed by atoms with van der Waals surface area (Å²) < 4.78 is 0. The van der Waals surface area contributed by atoms with Gasteiger partial charge in [0.25, 0.3) is 11.8 Å². The van der Waals surface area contributed by atoms with Crippen LogP contribution in [0.1, 0.15) is 34.0 Å². The third-order valence-corrected chi connectivity index (χ3v) is 5.17. The number of pyridine rings is 1. The Bertz CT molecular complexity index is 1270. The molecule has 2 unspecified atom stereocenters. The van der Waals surface area contributed by atoms with Crippen molar-refractivity contribution in [2.24, 2.45) is 0 Å². The standard InChI is InChI=1S/C27H27N5O5/c1-18(33)25(27(36)32-37)31-26(35)22-10-6-19(7-11-22)4-5-20-8-12-23(13-9-20)30-24(34)17-29-16-21-3-2-14-28-15-21/h2-3,6-15,18,25,29,33,37H,16-17H2,1H3,(H,30,34)(H,31,35)(H,32,36). The van der Waals surface area contributed by atoms with Gasteiger partial charge in [-0.2, -0.15) is 0 Å². The van der Waals surface area contributed by atoms with E-state index in [0.29, 0.717) is 17.8 Å². The van der Waals surface area contributed by atoms with Crippen LogP contribution < -0.4 is 21.4 Å². The number of nitrogens with one attached hydrogen (secondary N) is 4. The van der Waals surface area contributed by atoms with Gasteiger partial charge in [0, 0.05) is 41.3 Å². The first-order valence-electron chi connectivity index (χ1n) is 11.4. The van der Waals surface area contributed by atoms with Crippen molar-refractivity contribution in [2.75, 3.05) is 11.9 Å². The Kier molecular flexibility index (Phi) is 9.87. The summed E-state index contributed by atoms with van der Waals surface area (Å²) in [7, 11) is 0. The van der Waals surface area contributed by atoms with Gasteiger partial charge in [-0.05, 0) is 67.1 Å². The Morgan fingerprint density at radius 3 is 2.19 bits per heavy atom. The minimum absolute atomic E-state index is 0.163. The van der Waals surface area contributed by atoms with Crippen molar-refractivity contribution >= 4 is 23.4 Å². The molecular weight excluding hydrogens is 474 g/mol. The van der Waals surface area contributed by atoms with Gasteiger partial charge in [0.15, 0.2) is 0 Å². The zero-order chi connectivity index (χ0) is 26.6. The van der Waals surface area contributed by atoms with Crippen LogP contribution >= 0.6 is 0 Å². The van der Waals surface area contributed by atoms with E-state index in [-0.39, 0.29) is 18.0 Å². The minimum atomic E-state index is -1.30. The average Bonchev–Trinajstić information content (AvgIpc) is 2.91. The molecule has 3 amide bonds. The lowest BCUT2D eigenvalue weighted by molar-refractivity contribution is -0.133. The van der Waals surface area contributed by atoms with Crippen molar-refractivity contribution < 1.29 is 24.7 Å². The quantitative estimate of drug-likeness (QED) is 0.146. The molecule has 10 heteroatoms. The Labute approximate surface area is 214 Å². The van der Waals surface area contributed by atoms with Crippen LogP contribution in [0.15, 0.2) is 73.1 Å². The number of nitrogens with zero attached hydrogens (tertiary/aromatic N) is 1. The summed E-state index contributed by atoms with van der Waals surface area (Å²) in [5.41, 5.74) is 4.72. The molecule has 190 valence electrons. The summed E-state index contributed by atoms with van der Waals surface area (Å²) in [4.78, 5) is 40.1. The number of carbonyl (C=O) groups excluding carboxylic acids is 3. The van der Waals surface area contributed by atoms with Crippen molar-refractivity contribution in [1.82, 2.24) is 21.1 Å². The SMILES string of the molecule is CC(O)C(NC(=O)c1ccc(C#Cc2ccc(NC(=O)CNCc3cccnc3)cc2)cc1)C(=O)NO. The van der Waals surface area contributed by atoms with Crippen LogP contribution in [-0.4, -0.2) is 51.7 Å². The molecule has 37 heavy (non-hydrogen) atoms. The van der Waals surface area contributed by atoms with E-state index in [0.717, 1.165) is 11.1 Å². The summed E-state index contributed by atoms with van der Waals surface area (Å²) in [5, 5.41) is 26.6. The summed E-state index contributed by atoms with van der Waals surface area (Å²) in [6, 6.07) is 15.9. The number of aromatic nitrogens is 1. The summed E-state index contributed by atoms with van der Waals surface area (Å²) in [5.74, 6) is 4.34. The van der Waals surface area contributed by atoms with E-state index in [1.807, 2.05) is 12.1 Å². The highest BCUT2D eigenvalue weighted by Gasteiger charge is 2.25. The Balaban J connectivity index is 1.51. The van der Waals surface area contributed by atoms with E-state index >= 15 is 0 Å². The van der Waals surface area contributed by atoms with Crippen molar-refractivity contribution in [1.29, 1.82) is 0 Å². The number of rotatable bonds is 9. The molecule has 0 radical (unpaired) electrons. The second kappa shape index (κ2) is 13.5. The molecule has 0 aliphatic carbocycles. The highest BCUT2D eigenvalue weighted by atomic mass is 16.5. The van der Waals surface area contributed by atoms with Gasteiger partial charge in [-0.15, -0.1) is 0 Å². The second-order valence-corrected chi connectivity index (χ2v) is 8.09. The van der Waals surface area contributed by atoms with E-state index in [1.165, 1.54) is 24.5 Å². The molecule has 10 nitrogen and oxygen atoms in total. The van der Waals surface area contributed by atoms with Crippen molar-refractivity contribution in [2.45, 2.75) is 25.6 Å². The molecule has 0 spiro atoms. The molecule has 3 aromatic rings. The van der Waals surface area contributed by atoms with Gasteiger partial charge in [0.2, 0.25) is 5.91 Å². The highest BCUT2D eigenvalue weighted by molar-refractivity contribution is 5.97. The predicted octanol–water partition coefficient (Wildman–Crippen LogP) is 1.19. The molecule has 0 saturated heterocycles. The Morgan fingerprint density at radius 2 is 1.62 bits per heavy atom. The van der Waals surface area contributed by atoms with Gasteiger partial charge >= 0.3 is 0 Å². The molecule has 0 saturated carbocycles. The Hall–Kier alpha value is -4.56. The fourth-order valence-electron chi connectivity index (χ4n) is 3.21. The first-order chi connectivity index (χ1) is 17.9.